The number of ether oxygens (including phenoxy) is 3. The molecule has 0 saturated carbocycles. The van der Waals surface area contributed by atoms with Crippen molar-refractivity contribution in [3.05, 3.63) is 45.1 Å². The topological polar surface area (TPSA) is 73.9 Å². The average Bonchev–Trinajstić information content (AvgIpc) is 3.06. The fourth-order valence-corrected chi connectivity index (χ4v) is 2.87. The van der Waals surface area contributed by atoms with Crippen LogP contribution in [0.15, 0.2) is 29.6 Å². The summed E-state index contributed by atoms with van der Waals surface area (Å²) in [6.45, 7) is 0.736. The van der Waals surface area contributed by atoms with Crippen molar-refractivity contribution in [2.24, 2.45) is 0 Å². The summed E-state index contributed by atoms with van der Waals surface area (Å²) >= 11 is 7.12. The molecule has 0 unspecified atom stereocenters. The van der Waals surface area contributed by atoms with Crippen molar-refractivity contribution in [2.45, 2.75) is 0 Å². The first kappa shape index (κ1) is 18.3. The monoisotopic (exact) mass is 369 g/mol. The van der Waals surface area contributed by atoms with Crippen LogP contribution in [0.5, 0.6) is 5.75 Å². The van der Waals surface area contributed by atoms with Gasteiger partial charge >= 0.3 is 5.97 Å². The lowest BCUT2D eigenvalue weighted by Crippen LogP contribution is -2.16. The maximum atomic E-state index is 12.5. The number of amides is 1. The molecule has 0 aliphatic heterocycles. The normalized spacial score (nSPS) is 10.3. The Balaban J connectivity index is 2.21. The molecule has 0 fully saturated rings. The second kappa shape index (κ2) is 8.68. The third-order valence-electron chi connectivity index (χ3n) is 3.02. The van der Waals surface area contributed by atoms with Gasteiger partial charge in [-0.1, -0.05) is 11.6 Å². The summed E-state index contributed by atoms with van der Waals surface area (Å²) in [7, 11) is 2.83. The summed E-state index contributed by atoms with van der Waals surface area (Å²) in [5.74, 6) is -0.548. The van der Waals surface area contributed by atoms with Crippen molar-refractivity contribution in [1.82, 2.24) is 0 Å². The second-order valence-corrected chi connectivity index (χ2v) is 5.94. The molecule has 1 aromatic heterocycles. The average molecular weight is 370 g/mol. The largest absolute Gasteiger partial charge is 0.489 e. The molecule has 8 heteroatoms. The molecule has 0 aliphatic carbocycles. The fraction of sp³-hybridized carbons (Fsp3) is 0.250. The number of carbonyl (C=O) groups excluding carboxylic acids is 2. The Kier molecular flexibility index (Phi) is 6.60. The molecule has 1 amide bonds. The van der Waals surface area contributed by atoms with Gasteiger partial charge in [0.2, 0.25) is 0 Å². The minimum atomic E-state index is -0.558. The van der Waals surface area contributed by atoms with Crippen LogP contribution in [-0.2, 0) is 9.47 Å². The van der Waals surface area contributed by atoms with Crippen molar-refractivity contribution in [3.63, 3.8) is 0 Å². The van der Waals surface area contributed by atoms with Crippen LogP contribution in [0.25, 0.3) is 0 Å². The predicted molar refractivity (Wildman–Crippen MR) is 92.4 cm³/mol. The van der Waals surface area contributed by atoms with Gasteiger partial charge in [-0.3, -0.25) is 4.79 Å². The lowest BCUT2D eigenvalue weighted by molar-refractivity contribution is 0.0603. The zero-order valence-corrected chi connectivity index (χ0v) is 14.7. The van der Waals surface area contributed by atoms with Crippen LogP contribution in [0.4, 0.5) is 5.69 Å². The van der Waals surface area contributed by atoms with Crippen molar-refractivity contribution >= 4 is 40.5 Å². The van der Waals surface area contributed by atoms with Gasteiger partial charge in [0.1, 0.15) is 17.2 Å². The van der Waals surface area contributed by atoms with Gasteiger partial charge < -0.3 is 19.5 Å². The number of thiophene rings is 1. The number of carbonyl (C=O) groups is 2. The first-order valence-corrected chi connectivity index (χ1v) is 8.21. The van der Waals surface area contributed by atoms with Gasteiger partial charge in [0, 0.05) is 12.1 Å². The third-order valence-corrected chi connectivity index (χ3v) is 4.15. The van der Waals surface area contributed by atoms with Crippen LogP contribution in [0, 0.1) is 0 Å². The van der Waals surface area contributed by atoms with Gasteiger partial charge in [-0.2, -0.15) is 0 Å². The second-order valence-electron chi connectivity index (χ2n) is 4.59. The van der Waals surface area contributed by atoms with E-state index in [-0.39, 0.29) is 10.4 Å². The van der Waals surface area contributed by atoms with Crippen LogP contribution in [-0.4, -0.2) is 39.3 Å². The number of hydrogen-bond donors (Lipinski definition) is 1. The molecule has 0 bridgehead atoms. The quantitative estimate of drug-likeness (QED) is 0.597. The lowest BCUT2D eigenvalue weighted by atomic mass is 10.2. The molecule has 6 nitrogen and oxygen atoms in total. The van der Waals surface area contributed by atoms with E-state index in [4.69, 9.17) is 21.1 Å². The van der Waals surface area contributed by atoms with Crippen molar-refractivity contribution in [3.8, 4) is 5.75 Å². The molecule has 24 heavy (non-hydrogen) atoms. The molecule has 2 aromatic rings. The molecule has 0 aliphatic rings. The van der Waals surface area contributed by atoms with Crippen LogP contribution in [0.1, 0.15) is 20.0 Å². The number of halogens is 1. The number of esters is 1. The molecule has 0 radical (unpaired) electrons. The van der Waals surface area contributed by atoms with Gasteiger partial charge in [0.25, 0.3) is 5.91 Å². The van der Waals surface area contributed by atoms with Gasteiger partial charge in [0.05, 0.1) is 25.0 Å². The van der Waals surface area contributed by atoms with E-state index in [0.29, 0.717) is 29.7 Å². The zero-order chi connectivity index (χ0) is 17.5. The SMILES string of the molecule is COCCOc1ccc(Cl)cc1NC(=O)c1ccsc1C(=O)OC. The molecule has 0 saturated heterocycles. The van der Waals surface area contributed by atoms with Crippen molar-refractivity contribution < 1.29 is 23.8 Å². The molecule has 0 atom stereocenters. The Labute approximate surface area is 148 Å². The number of rotatable bonds is 7. The fourth-order valence-electron chi connectivity index (χ4n) is 1.89. The van der Waals surface area contributed by atoms with E-state index in [9.17, 15) is 9.59 Å². The zero-order valence-electron chi connectivity index (χ0n) is 13.1. The van der Waals surface area contributed by atoms with E-state index in [2.05, 4.69) is 10.1 Å². The van der Waals surface area contributed by atoms with Crippen molar-refractivity contribution in [1.29, 1.82) is 0 Å². The van der Waals surface area contributed by atoms with E-state index in [1.165, 1.54) is 7.11 Å². The summed E-state index contributed by atoms with van der Waals surface area (Å²) in [5.41, 5.74) is 0.639. The number of anilines is 1. The maximum Gasteiger partial charge on any atom is 0.348 e. The Hall–Kier alpha value is -2.09. The van der Waals surface area contributed by atoms with E-state index < -0.39 is 11.9 Å². The summed E-state index contributed by atoms with van der Waals surface area (Å²) in [6, 6.07) is 6.44. The standard InChI is InChI=1S/C16H16ClNO5S/c1-21-6-7-23-13-4-3-10(17)9-12(13)18-15(19)11-5-8-24-14(11)16(20)22-2/h3-5,8-9H,6-7H2,1-2H3,(H,18,19). The van der Waals surface area contributed by atoms with Crippen LogP contribution in [0.2, 0.25) is 5.02 Å². The Bertz CT molecular complexity index is 731. The summed E-state index contributed by atoms with van der Waals surface area (Å²) in [5, 5.41) is 4.80. The van der Waals surface area contributed by atoms with Gasteiger partial charge in [-0.15, -0.1) is 11.3 Å². The highest BCUT2D eigenvalue weighted by Crippen LogP contribution is 2.29. The van der Waals surface area contributed by atoms with E-state index >= 15 is 0 Å². The van der Waals surface area contributed by atoms with Crippen molar-refractivity contribution in [2.75, 3.05) is 32.8 Å². The van der Waals surface area contributed by atoms with Gasteiger partial charge in [-0.25, -0.2) is 4.79 Å². The van der Waals surface area contributed by atoms with Gasteiger partial charge in [0.15, 0.2) is 0 Å². The van der Waals surface area contributed by atoms with Crippen LogP contribution < -0.4 is 10.1 Å². The molecule has 1 heterocycles. The molecule has 1 N–H and O–H groups in total. The summed E-state index contributed by atoms with van der Waals surface area (Å²) in [4.78, 5) is 24.4. The third kappa shape index (κ3) is 4.47. The predicted octanol–water partition coefficient (Wildman–Crippen LogP) is 3.47. The first-order chi connectivity index (χ1) is 11.6. The molecule has 128 valence electrons. The van der Waals surface area contributed by atoms with E-state index in [0.717, 1.165) is 11.3 Å². The highest BCUT2D eigenvalue weighted by Gasteiger charge is 2.20. The van der Waals surface area contributed by atoms with Gasteiger partial charge in [-0.05, 0) is 29.6 Å². The lowest BCUT2D eigenvalue weighted by Gasteiger charge is -2.13. The molecular formula is C16H16ClNO5S. The highest BCUT2D eigenvalue weighted by molar-refractivity contribution is 7.12. The number of hydrogen-bond acceptors (Lipinski definition) is 6. The van der Waals surface area contributed by atoms with Crippen LogP contribution >= 0.6 is 22.9 Å². The van der Waals surface area contributed by atoms with E-state index in [1.54, 1.807) is 36.8 Å². The minimum absolute atomic E-state index is 0.231. The van der Waals surface area contributed by atoms with Crippen LogP contribution in [0.3, 0.4) is 0 Å². The Morgan fingerprint density at radius 1 is 1.21 bits per heavy atom. The highest BCUT2D eigenvalue weighted by atomic mass is 35.5. The summed E-state index contributed by atoms with van der Waals surface area (Å²) < 4.78 is 15.2. The Morgan fingerprint density at radius 2 is 2.00 bits per heavy atom. The maximum absolute atomic E-state index is 12.5. The summed E-state index contributed by atoms with van der Waals surface area (Å²) in [6.07, 6.45) is 0. The number of nitrogens with one attached hydrogen (secondary N) is 1. The molecule has 1 aromatic carbocycles. The minimum Gasteiger partial charge on any atom is -0.489 e. The number of methoxy groups -OCH3 is 2. The Morgan fingerprint density at radius 3 is 2.71 bits per heavy atom. The smallest absolute Gasteiger partial charge is 0.348 e. The number of benzene rings is 1. The molecular weight excluding hydrogens is 354 g/mol. The van der Waals surface area contributed by atoms with E-state index in [1.807, 2.05) is 0 Å². The molecule has 0 spiro atoms. The first-order valence-electron chi connectivity index (χ1n) is 6.95. The molecule has 2 rings (SSSR count).